The van der Waals surface area contributed by atoms with Gasteiger partial charge >= 0.3 is 5.63 Å². The summed E-state index contributed by atoms with van der Waals surface area (Å²) in [7, 11) is 0. The lowest BCUT2D eigenvalue weighted by molar-refractivity contribution is 0.309. The molecule has 2 rings (SSSR count). The van der Waals surface area contributed by atoms with Gasteiger partial charge in [-0.25, -0.2) is 4.79 Å². The summed E-state index contributed by atoms with van der Waals surface area (Å²) in [5.41, 5.74) is 1.20. The molecule has 1 aromatic heterocycles. The van der Waals surface area contributed by atoms with Crippen molar-refractivity contribution in [3.8, 4) is 5.75 Å². The van der Waals surface area contributed by atoms with E-state index in [-0.39, 0.29) is 5.63 Å². The van der Waals surface area contributed by atoms with Crippen molar-refractivity contribution in [3.05, 3.63) is 40.2 Å². The van der Waals surface area contributed by atoms with Crippen LogP contribution in [0.15, 0.2) is 33.5 Å². The number of rotatable bonds is 4. The van der Waals surface area contributed by atoms with Crippen LogP contribution in [0.2, 0.25) is 0 Å². The number of ether oxygens (including phenoxy) is 1. The van der Waals surface area contributed by atoms with Gasteiger partial charge in [0.15, 0.2) is 0 Å². The molecule has 0 aliphatic rings. The standard InChI is InChI=1S/C14H16O3/c1-3-4-7-16-11-5-6-12-10(2)8-14(15)17-13(12)9-11/h5-6,8-9H,3-4,7H2,1-2H3. The molecule has 90 valence electrons. The minimum Gasteiger partial charge on any atom is -0.493 e. The summed E-state index contributed by atoms with van der Waals surface area (Å²) in [5, 5.41) is 0.951. The van der Waals surface area contributed by atoms with Gasteiger partial charge in [-0.15, -0.1) is 0 Å². The average Bonchev–Trinajstić information content (AvgIpc) is 2.28. The van der Waals surface area contributed by atoms with Crippen molar-refractivity contribution in [2.24, 2.45) is 0 Å². The highest BCUT2D eigenvalue weighted by Crippen LogP contribution is 2.22. The number of hydrogen-bond acceptors (Lipinski definition) is 3. The first-order valence-corrected chi connectivity index (χ1v) is 5.88. The highest BCUT2D eigenvalue weighted by atomic mass is 16.5. The molecule has 0 spiro atoms. The molecule has 1 heterocycles. The molecular weight excluding hydrogens is 216 g/mol. The molecule has 3 heteroatoms. The molecule has 3 nitrogen and oxygen atoms in total. The van der Waals surface area contributed by atoms with E-state index in [1.54, 1.807) is 6.07 Å². The topological polar surface area (TPSA) is 39.4 Å². The highest BCUT2D eigenvalue weighted by Gasteiger charge is 2.03. The van der Waals surface area contributed by atoms with Gasteiger partial charge in [-0.2, -0.15) is 0 Å². The van der Waals surface area contributed by atoms with E-state index in [4.69, 9.17) is 9.15 Å². The van der Waals surface area contributed by atoms with E-state index in [1.807, 2.05) is 19.1 Å². The maximum Gasteiger partial charge on any atom is 0.336 e. The van der Waals surface area contributed by atoms with Gasteiger partial charge in [0.25, 0.3) is 0 Å². The van der Waals surface area contributed by atoms with Crippen molar-refractivity contribution >= 4 is 11.0 Å². The summed E-state index contributed by atoms with van der Waals surface area (Å²) < 4.78 is 10.7. The van der Waals surface area contributed by atoms with Gasteiger partial charge in [-0.1, -0.05) is 13.3 Å². The fourth-order valence-electron chi connectivity index (χ4n) is 1.73. The quantitative estimate of drug-likeness (QED) is 0.600. The van der Waals surface area contributed by atoms with Gasteiger partial charge in [0, 0.05) is 17.5 Å². The van der Waals surface area contributed by atoms with Crippen LogP contribution in [0, 0.1) is 6.92 Å². The Hall–Kier alpha value is -1.77. The first-order chi connectivity index (χ1) is 8.20. The third-order valence-corrected chi connectivity index (χ3v) is 2.69. The molecule has 1 aromatic carbocycles. The Morgan fingerprint density at radius 1 is 1.29 bits per heavy atom. The summed E-state index contributed by atoms with van der Waals surface area (Å²) in [6.45, 7) is 4.71. The van der Waals surface area contributed by atoms with Crippen molar-refractivity contribution in [3.63, 3.8) is 0 Å². The third-order valence-electron chi connectivity index (χ3n) is 2.69. The first-order valence-electron chi connectivity index (χ1n) is 5.88. The normalized spacial score (nSPS) is 10.7. The zero-order valence-corrected chi connectivity index (χ0v) is 10.2. The molecule has 17 heavy (non-hydrogen) atoms. The molecule has 0 saturated heterocycles. The van der Waals surface area contributed by atoms with E-state index in [0.29, 0.717) is 12.2 Å². The second kappa shape index (κ2) is 5.04. The number of benzene rings is 1. The van der Waals surface area contributed by atoms with Gasteiger partial charge in [-0.05, 0) is 31.0 Å². The van der Waals surface area contributed by atoms with Crippen LogP contribution in [0.4, 0.5) is 0 Å². The Morgan fingerprint density at radius 2 is 2.12 bits per heavy atom. The predicted molar refractivity (Wildman–Crippen MR) is 67.6 cm³/mol. The van der Waals surface area contributed by atoms with Crippen LogP contribution >= 0.6 is 0 Å². The number of hydrogen-bond donors (Lipinski definition) is 0. The lowest BCUT2D eigenvalue weighted by Crippen LogP contribution is -1.99. The molecule has 0 amide bonds. The van der Waals surface area contributed by atoms with Gasteiger partial charge < -0.3 is 9.15 Å². The summed E-state index contributed by atoms with van der Waals surface area (Å²) >= 11 is 0. The van der Waals surface area contributed by atoms with Crippen molar-refractivity contribution in [2.45, 2.75) is 26.7 Å². The van der Waals surface area contributed by atoms with E-state index in [9.17, 15) is 4.79 Å². The predicted octanol–water partition coefficient (Wildman–Crippen LogP) is 3.28. The van der Waals surface area contributed by atoms with Crippen LogP contribution in [0.3, 0.4) is 0 Å². The van der Waals surface area contributed by atoms with Gasteiger partial charge in [0.05, 0.1) is 6.61 Å². The average molecular weight is 232 g/mol. The van der Waals surface area contributed by atoms with Crippen LogP contribution in [0.25, 0.3) is 11.0 Å². The number of fused-ring (bicyclic) bond motifs is 1. The molecule has 0 fully saturated rings. The van der Waals surface area contributed by atoms with Crippen molar-refractivity contribution in [1.29, 1.82) is 0 Å². The second-order valence-electron chi connectivity index (χ2n) is 4.11. The molecular formula is C14H16O3. The van der Waals surface area contributed by atoms with Crippen LogP contribution in [-0.2, 0) is 0 Å². The van der Waals surface area contributed by atoms with Gasteiger partial charge in [0.2, 0.25) is 0 Å². The summed E-state index contributed by atoms with van der Waals surface area (Å²) in [4.78, 5) is 11.3. The fourth-order valence-corrected chi connectivity index (χ4v) is 1.73. The SMILES string of the molecule is CCCCOc1ccc2c(C)cc(=O)oc2c1. The van der Waals surface area contributed by atoms with Gasteiger partial charge in [-0.3, -0.25) is 0 Å². The maximum atomic E-state index is 11.3. The van der Waals surface area contributed by atoms with E-state index < -0.39 is 0 Å². The smallest absolute Gasteiger partial charge is 0.336 e. The lowest BCUT2D eigenvalue weighted by atomic mass is 10.1. The van der Waals surface area contributed by atoms with Crippen molar-refractivity contribution < 1.29 is 9.15 Å². The van der Waals surface area contributed by atoms with E-state index in [1.165, 1.54) is 6.07 Å². The van der Waals surface area contributed by atoms with Gasteiger partial charge in [0.1, 0.15) is 11.3 Å². The van der Waals surface area contributed by atoms with Crippen molar-refractivity contribution in [1.82, 2.24) is 0 Å². The first kappa shape index (κ1) is 11.7. The fraction of sp³-hybridized carbons (Fsp3) is 0.357. The van der Waals surface area contributed by atoms with E-state index >= 15 is 0 Å². The van der Waals surface area contributed by atoms with E-state index in [0.717, 1.165) is 29.5 Å². The maximum absolute atomic E-state index is 11.3. The minimum atomic E-state index is -0.319. The molecule has 0 aliphatic carbocycles. The molecule has 0 atom stereocenters. The molecule has 0 N–H and O–H groups in total. The molecule has 0 bridgehead atoms. The Labute approximate surface area is 100 Å². The molecule has 0 aliphatic heterocycles. The minimum absolute atomic E-state index is 0.319. The lowest BCUT2D eigenvalue weighted by Gasteiger charge is -2.06. The summed E-state index contributed by atoms with van der Waals surface area (Å²) in [5.74, 6) is 0.750. The Morgan fingerprint density at radius 3 is 2.88 bits per heavy atom. The van der Waals surface area contributed by atoms with Crippen LogP contribution < -0.4 is 10.4 Å². The highest BCUT2D eigenvalue weighted by molar-refractivity contribution is 5.81. The monoisotopic (exact) mass is 232 g/mol. The largest absolute Gasteiger partial charge is 0.493 e. The number of aryl methyl sites for hydroxylation is 1. The summed E-state index contributed by atoms with van der Waals surface area (Å²) in [6.07, 6.45) is 2.12. The zero-order valence-electron chi connectivity index (χ0n) is 10.2. The number of unbranched alkanes of at least 4 members (excludes halogenated alkanes) is 1. The Balaban J connectivity index is 2.33. The summed E-state index contributed by atoms with van der Waals surface area (Å²) in [6, 6.07) is 7.11. The zero-order chi connectivity index (χ0) is 12.3. The Bertz CT molecular complexity index is 569. The van der Waals surface area contributed by atoms with Crippen LogP contribution in [0.5, 0.6) is 5.75 Å². The van der Waals surface area contributed by atoms with E-state index in [2.05, 4.69) is 6.92 Å². The molecule has 0 radical (unpaired) electrons. The third kappa shape index (κ3) is 2.67. The second-order valence-corrected chi connectivity index (χ2v) is 4.11. The molecule has 2 aromatic rings. The van der Waals surface area contributed by atoms with Crippen LogP contribution in [-0.4, -0.2) is 6.61 Å². The Kier molecular flexibility index (Phi) is 3.47. The van der Waals surface area contributed by atoms with Crippen molar-refractivity contribution in [2.75, 3.05) is 6.61 Å². The molecule has 0 unspecified atom stereocenters. The van der Waals surface area contributed by atoms with Crippen LogP contribution in [0.1, 0.15) is 25.3 Å². The molecule has 0 saturated carbocycles.